The molecule has 4 aromatic heterocycles. The first-order chi connectivity index (χ1) is 29.4. The highest BCUT2D eigenvalue weighted by molar-refractivity contribution is 7.92. The van der Waals surface area contributed by atoms with Crippen LogP contribution in [0, 0.1) is 17.6 Å². The second-order valence-electron chi connectivity index (χ2n) is 15.4. The summed E-state index contributed by atoms with van der Waals surface area (Å²) in [5, 5.41) is 10.1. The van der Waals surface area contributed by atoms with Gasteiger partial charge in [0.25, 0.3) is 17.9 Å². The lowest BCUT2D eigenvalue weighted by Gasteiger charge is -2.24. The maximum atomic E-state index is 15.5. The van der Waals surface area contributed by atoms with E-state index >= 15 is 8.78 Å². The lowest BCUT2D eigenvalue weighted by atomic mass is 10.0. The molecule has 1 fully saturated rings. The van der Waals surface area contributed by atoms with E-state index in [4.69, 9.17) is 11.6 Å². The number of nitrogens with one attached hydrogen (secondary N) is 2. The molecule has 0 radical (unpaired) electrons. The molecule has 8 rings (SSSR count). The minimum absolute atomic E-state index is 0.00363. The van der Waals surface area contributed by atoms with Crippen LogP contribution in [0.5, 0.6) is 0 Å². The highest BCUT2D eigenvalue weighted by Gasteiger charge is 2.67. The number of carbonyl (C=O) groups excluding carboxylic acids is 1. The van der Waals surface area contributed by atoms with E-state index < -0.39 is 113 Å². The SMILES string of the molecule is CN(CCC(F)(F)F)c1ccc2c(=O)n(-c3ccc(Cl)c4c(NS(C)(=O)=O)nn(C)c34)c([C@H](Cc3cc(F)cc(F)c3)NC(=O)Cn3nc(C(F)F)c4c3C(F)(F)[C@@H]3C[C@H]43)nc2n1. The van der Waals surface area contributed by atoms with E-state index in [0.717, 1.165) is 27.9 Å². The van der Waals surface area contributed by atoms with Gasteiger partial charge in [-0.1, -0.05) is 11.6 Å². The number of hydrogen-bond donors (Lipinski definition) is 2. The predicted molar refractivity (Wildman–Crippen MR) is 210 cm³/mol. The zero-order valence-corrected chi connectivity index (χ0v) is 34.4. The van der Waals surface area contributed by atoms with Gasteiger partial charge in [0.1, 0.15) is 41.2 Å². The van der Waals surface area contributed by atoms with Crippen LogP contribution in [-0.2, 0) is 40.8 Å². The molecule has 3 atom stereocenters. The van der Waals surface area contributed by atoms with Gasteiger partial charge in [0.15, 0.2) is 11.5 Å². The summed E-state index contributed by atoms with van der Waals surface area (Å²) < 4.78 is 157. The molecule has 14 nitrogen and oxygen atoms in total. The molecule has 1 amide bonds. The number of halogens is 10. The van der Waals surface area contributed by atoms with Crippen LogP contribution in [0.15, 0.2) is 47.3 Å². The molecule has 0 spiro atoms. The fourth-order valence-corrected chi connectivity index (χ4v) is 8.81. The minimum atomic E-state index is -4.54. The van der Waals surface area contributed by atoms with Crippen LogP contribution in [0.3, 0.4) is 0 Å². The number of nitrogens with zero attached hydrogens (tertiary/aromatic N) is 8. The van der Waals surface area contributed by atoms with E-state index in [1.54, 1.807) is 0 Å². The van der Waals surface area contributed by atoms with Gasteiger partial charge < -0.3 is 10.2 Å². The molecule has 2 aliphatic rings. The molecule has 0 unspecified atom stereocenters. The molecule has 4 heterocycles. The van der Waals surface area contributed by atoms with Crippen LogP contribution >= 0.6 is 11.6 Å². The van der Waals surface area contributed by atoms with Crippen molar-refractivity contribution in [2.75, 3.05) is 29.5 Å². The number of fused-ring (bicyclic) bond motifs is 5. The molecule has 63 heavy (non-hydrogen) atoms. The van der Waals surface area contributed by atoms with Crippen LogP contribution in [0.4, 0.5) is 51.1 Å². The number of aryl methyl sites for hydroxylation is 1. The van der Waals surface area contributed by atoms with Crippen molar-refractivity contribution >= 4 is 61.1 Å². The fraction of sp³-hybridized carbons (Fsp3) is 0.368. The Balaban J connectivity index is 1.33. The van der Waals surface area contributed by atoms with Gasteiger partial charge in [0, 0.05) is 44.6 Å². The van der Waals surface area contributed by atoms with Crippen molar-refractivity contribution in [1.29, 1.82) is 0 Å². The molecule has 2 N–H and O–H groups in total. The molecule has 6 aromatic rings. The van der Waals surface area contributed by atoms with E-state index in [1.165, 1.54) is 43.0 Å². The van der Waals surface area contributed by atoms with Gasteiger partial charge >= 0.3 is 6.18 Å². The van der Waals surface area contributed by atoms with E-state index in [0.29, 0.717) is 10.7 Å². The number of pyridine rings is 1. The van der Waals surface area contributed by atoms with Crippen molar-refractivity contribution in [3.8, 4) is 5.69 Å². The summed E-state index contributed by atoms with van der Waals surface area (Å²) in [5.41, 5.74) is -3.68. The number of hydrogen-bond acceptors (Lipinski definition) is 9. The zero-order chi connectivity index (χ0) is 45.7. The number of alkyl halides is 7. The first-order valence-electron chi connectivity index (χ1n) is 18.8. The predicted octanol–water partition coefficient (Wildman–Crippen LogP) is 6.80. The number of aromatic nitrogens is 7. The van der Waals surface area contributed by atoms with Gasteiger partial charge in [-0.3, -0.25) is 28.2 Å². The van der Waals surface area contributed by atoms with Crippen LogP contribution in [0.25, 0.3) is 27.6 Å². The normalized spacial score (nSPS) is 17.3. The second kappa shape index (κ2) is 15.4. The lowest BCUT2D eigenvalue weighted by Crippen LogP contribution is -2.38. The molecule has 0 bridgehead atoms. The van der Waals surface area contributed by atoms with Crippen molar-refractivity contribution in [2.45, 2.75) is 56.3 Å². The summed E-state index contributed by atoms with van der Waals surface area (Å²) in [5.74, 6) is -9.81. The lowest BCUT2D eigenvalue weighted by molar-refractivity contribution is -0.132. The maximum Gasteiger partial charge on any atom is 0.390 e. The van der Waals surface area contributed by atoms with Crippen LogP contribution in [0.2, 0.25) is 5.02 Å². The number of anilines is 2. The molecule has 25 heteroatoms. The highest BCUT2D eigenvalue weighted by atomic mass is 35.5. The minimum Gasteiger partial charge on any atom is -0.359 e. The first-order valence-corrected chi connectivity index (χ1v) is 21.0. The number of carbonyl (C=O) groups is 1. The Morgan fingerprint density at radius 1 is 1.06 bits per heavy atom. The number of benzene rings is 2. The summed E-state index contributed by atoms with van der Waals surface area (Å²) in [6, 6.07) is 5.74. The highest BCUT2D eigenvalue weighted by Crippen LogP contribution is 2.68. The summed E-state index contributed by atoms with van der Waals surface area (Å²) in [6.07, 6.45) is -8.82. The van der Waals surface area contributed by atoms with Gasteiger partial charge in [-0.15, -0.1) is 0 Å². The van der Waals surface area contributed by atoms with Crippen molar-refractivity contribution in [3.63, 3.8) is 0 Å². The van der Waals surface area contributed by atoms with Crippen molar-refractivity contribution in [1.82, 2.24) is 39.4 Å². The molecule has 2 aliphatic carbocycles. The van der Waals surface area contributed by atoms with Gasteiger partial charge in [0.05, 0.1) is 45.7 Å². The summed E-state index contributed by atoms with van der Waals surface area (Å²) >= 11 is 6.57. The second-order valence-corrected chi connectivity index (χ2v) is 17.5. The Hall–Kier alpha value is -5.91. The largest absolute Gasteiger partial charge is 0.390 e. The molecule has 0 saturated heterocycles. The fourth-order valence-electron chi connectivity index (χ4n) is 8.07. The van der Waals surface area contributed by atoms with Gasteiger partial charge in [-0.05, 0) is 54.3 Å². The average Bonchev–Trinajstić information content (AvgIpc) is 3.71. The molecule has 2 aromatic carbocycles. The smallest absolute Gasteiger partial charge is 0.359 e. The monoisotopic (exact) mass is 930 g/mol. The van der Waals surface area contributed by atoms with E-state index in [1.807, 2.05) is 0 Å². The Morgan fingerprint density at radius 2 is 1.76 bits per heavy atom. The summed E-state index contributed by atoms with van der Waals surface area (Å²) in [6.45, 7) is -1.64. The van der Waals surface area contributed by atoms with Crippen molar-refractivity contribution in [2.24, 2.45) is 13.0 Å². The third-order valence-corrected chi connectivity index (χ3v) is 11.7. The van der Waals surface area contributed by atoms with Crippen LogP contribution < -0.4 is 20.5 Å². The van der Waals surface area contributed by atoms with Crippen LogP contribution in [-0.4, -0.2) is 74.4 Å². The molecule has 1 saturated carbocycles. The average molecular weight is 931 g/mol. The van der Waals surface area contributed by atoms with E-state index in [-0.39, 0.29) is 61.8 Å². The van der Waals surface area contributed by atoms with E-state index in [2.05, 4.69) is 30.2 Å². The van der Waals surface area contributed by atoms with Crippen LogP contribution in [0.1, 0.15) is 59.6 Å². The van der Waals surface area contributed by atoms with Gasteiger partial charge in [-0.25, -0.2) is 35.9 Å². The Bertz CT molecular complexity index is 3010. The standard InChI is InChI=1S/C38H32ClF9N10O4S/c1-55(9-8-37(44,45)46)25-7-4-19-33(50-25)51-35(58(36(19)60)24-6-5-22(39)28-30(24)56(2)53-34(28)54-63(3,61)62)23(12-16-10-17(40)13-18(41)11-16)49-26(59)15-57-31-27(29(52-57)32(42)43)20-14-21(20)38(31,47)48/h4-7,10-11,13,20-21,23,32H,8-9,12,14-15H2,1-3H3,(H,49,59)(H,53,54)/t20-,21+,23-/m0/s1. The number of sulfonamides is 1. The summed E-state index contributed by atoms with van der Waals surface area (Å²) in [7, 11) is -1.29. The maximum absolute atomic E-state index is 15.5. The number of amides is 1. The zero-order valence-electron chi connectivity index (χ0n) is 32.8. The topological polar surface area (TPSA) is 162 Å². The third-order valence-electron chi connectivity index (χ3n) is 10.8. The molecular weight excluding hydrogens is 899 g/mol. The van der Waals surface area contributed by atoms with Gasteiger partial charge in [-0.2, -0.15) is 32.1 Å². The van der Waals surface area contributed by atoms with E-state index in [9.17, 15) is 48.7 Å². The molecule has 0 aliphatic heterocycles. The Labute approximate surface area is 354 Å². The molecule has 334 valence electrons. The number of rotatable bonds is 13. The summed E-state index contributed by atoms with van der Waals surface area (Å²) in [4.78, 5) is 39.0. The van der Waals surface area contributed by atoms with Gasteiger partial charge in [0.2, 0.25) is 15.9 Å². The Morgan fingerprint density at radius 3 is 2.41 bits per heavy atom. The Kier molecular flexibility index (Phi) is 10.7. The third kappa shape index (κ3) is 8.24. The van der Waals surface area contributed by atoms with Crippen molar-refractivity contribution in [3.05, 3.63) is 97.8 Å². The first kappa shape index (κ1) is 43.7. The van der Waals surface area contributed by atoms with Crippen molar-refractivity contribution < 1.29 is 52.7 Å². The molecular formula is C38H32ClF9N10O4S. The quantitative estimate of drug-likeness (QED) is 0.119.